The lowest BCUT2D eigenvalue weighted by atomic mass is 10.2. The molecule has 0 saturated heterocycles. The molecule has 2 aromatic heterocycles. The van der Waals surface area contributed by atoms with Gasteiger partial charge in [-0.2, -0.15) is 9.61 Å². The predicted molar refractivity (Wildman–Crippen MR) is 107 cm³/mol. The van der Waals surface area contributed by atoms with Gasteiger partial charge >= 0.3 is 0 Å². The normalized spacial score (nSPS) is 11.1. The Morgan fingerprint density at radius 1 is 1.31 bits per heavy atom. The van der Waals surface area contributed by atoms with E-state index >= 15 is 0 Å². The number of likely N-dealkylation sites (N-methyl/N-ethyl adjacent to an activating group) is 1. The summed E-state index contributed by atoms with van der Waals surface area (Å²) in [5, 5.41) is 10.8. The predicted octanol–water partition coefficient (Wildman–Crippen LogP) is 3.26. The fraction of sp³-hybridized carbons (Fsp3) is 0.235. The average Bonchev–Trinajstić information content (AvgIpc) is 2.94. The van der Waals surface area contributed by atoms with Crippen molar-refractivity contribution >= 4 is 50.6 Å². The van der Waals surface area contributed by atoms with Crippen molar-refractivity contribution < 1.29 is 4.79 Å². The highest BCUT2D eigenvalue weighted by Crippen LogP contribution is 2.22. The fourth-order valence-corrected chi connectivity index (χ4v) is 2.95. The third-order valence-electron chi connectivity index (χ3n) is 3.57. The van der Waals surface area contributed by atoms with E-state index in [2.05, 4.69) is 36.6 Å². The number of rotatable bonds is 6. The quantitative estimate of drug-likeness (QED) is 0.579. The summed E-state index contributed by atoms with van der Waals surface area (Å²) in [6.45, 7) is 0.931. The maximum Gasteiger partial charge on any atom is 0.238 e. The van der Waals surface area contributed by atoms with Crippen LogP contribution >= 0.6 is 27.5 Å². The Morgan fingerprint density at radius 3 is 2.73 bits per heavy atom. The Balaban J connectivity index is 1.66. The number of aromatic nitrogens is 3. The van der Waals surface area contributed by atoms with Crippen molar-refractivity contribution in [2.24, 2.45) is 0 Å². The van der Waals surface area contributed by atoms with Gasteiger partial charge in [0, 0.05) is 18.3 Å². The van der Waals surface area contributed by atoms with Gasteiger partial charge in [-0.05, 0) is 47.7 Å². The van der Waals surface area contributed by atoms with Gasteiger partial charge in [0.15, 0.2) is 5.65 Å². The molecule has 0 aliphatic carbocycles. The molecule has 3 rings (SSSR count). The van der Waals surface area contributed by atoms with E-state index in [0.717, 1.165) is 21.5 Å². The molecule has 136 valence electrons. The molecule has 0 bridgehead atoms. The van der Waals surface area contributed by atoms with E-state index in [4.69, 9.17) is 11.6 Å². The van der Waals surface area contributed by atoms with Gasteiger partial charge in [-0.25, -0.2) is 4.98 Å². The number of nitrogens with zero attached hydrogens (tertiary/aromatic N) is 4. The van der Waals surface area contributed by atoms with E-state index in [1.54, 1.807) is 16.8 Å². The molecule has 7 nitrogen and oxygen atoms in total. The van der Waals surface area contributed by atoms with Gasteiger partial charge in [0.05, 0.1) is 17.2 Å². The molecule has 0 unspecified atom stereocenters. The molecule has 0 fully saturated rings. The van der Waals surface area contributed by atoms with Crippen molar-refractivity contribution in [1.29, 1.82) is 0 Å². The van der Waals surface area contributed by atoms with Crippen LogP contribution < -0.4 is 10.6 Å². The lowest BCUT2D eigenvalue weighted by Gasteiger charge is -2.11. The molecule has 1 amide bonds. The summed E-state index contributed by atoms with van der Waals surface area (Å²) in [4.78, 5) is 17.8. The highest BCUT2D eigenvalue weighted by atomic mass is 79.9. The minimum absolute atomic E-state index is 0.0426. The molecular formula is C17H18BrClN6O. The van der Waals surface area contributed by atoms with Gasteiger partial charge in [-0.3, -0.25) is 4.79 Å². The first-order valence-electron chi connectivity index (χ1n) is 7.89. The largest absolute Gasteiger partial charge is 0.366 e. The summed E-state index contributed by atoms with van der Waals surface area (Å²) in [5.74, 6) is 0.702. The Labute approximate surface area is 164 Å². The minimum atomic E-state index is -0.0426. The second kappa shape index (κ2) is 8.03. The zero-order valence-electron chi connectivity index (χ0n) is 14.3. The maximum absolute atomic E-state index is 11.8. The van der Waals surface area contributed by atoms with E-state index in [1.807, 2.05) is 43.3 Å². The van der Waals surface area contributed by atoms with Crippen molar-refractivity contribution in [3.63, 3.8) is 0 Å². The van der Waals surface area contributed by atoms with Crippen LogP contribution in [0.3, 0.4) is 0 Å². The van der Waals surface area contributed by atoms with Crippen LogP contribution in [-0.2, 0) is 11.3 Å². The zero-order valence-corrected chi connectivity index (χ0v) is 16.7. The van der Waals surface area contributed by atoms with Gasteiger partial charge < -0.3 is 15.5 Å². The summed E-state index contributed by atoms with van der Waals surface area (Å²) in [5.41, 5.74) is 2.48. The van der Waals surface area contributed by atoms with Gasteiger partial charge in [0.2, 0.25) is 5.91 Å². The number of hydrogen-bond acceptors (Lipinski definition) is 5. The summed E-state index contributed by atoms with van der Waals surface area (Å²) < 4.78 is 2.46. The van der Waals surface area contributed by atoms with Gasteiger partial charge in [-0.15, -0.1) is 0 Å². The van der Waals surface area contributed by atoms with Crippen LogP contribution in [-0.4, -0.2) is 46.0 Å². The van der Waals surface area contributed by atoms with Crippen molar-refractivity contribution in [3.8, 4) is 0 Å². The lowest BCUT2D eigenvalue weighted by Crippen LogP contribution is -2.27. The van der Waals surface area contributed by atoms with Crippen LogP contribution in [0.15, 0.2) is 41.0 Å². The van der Waals surface area contributed by atoms with E-state index in [9.17, 15) is 4.79 Å². The molecule has 0 spiro atoms. The third-order valence-corrected chi connectivity index (χ3v) is 4.32. The first kappa shape index (κ1) is 18.6. The number of fused-ring (bicyclic) bond motifs is 1. The fourth-order valence-electron chi connectivity index (χ4n) is 2.42. The highest BCUT2D eigenvalue weighted by Gasteiger charge is 2.09. The first-order chi connectivity index (χ1) is 12.4. The number of halogens is 2. The van der Waals surface area contributed by atoms with Crippen LogP contribution in [0.2, 0.25) is 5.15 Å². The minimum Gasteiger partial charge on any atom is -0.366 e. The molecule has 2 heterocycles. The van der Waals surface area contributed by atoms with Crippen LogP contribution in [0, 0.1) is 0 Å². The maximum atomic E-state index is 11.8. The summed E-state index contributed by atoms with van der Waals surface area (Å²) in [6, 6.07) is 9.40. The summed E-state index contributed by atoms with van der Waals surface area (Å²) in [7, 11) is 3.71. The molecule has 0 aliphatic heterocycles. The first-order valence-corrected chi connectivity index (χ1v) is 9.06. The van der Waals surface area contributed by atoms with E-state index < -0.39 is 0 Å². The molecular weight excluding hydrogens is 420 g/mol. The zero-order chi connectivity index (χ0) is 18.7. The van der Waals surface area contributed by atoms with E-state index in [1.165, 1.54) is 0 Å². The molecule has 2 N–H and O–H groups in total. The Kier molecular flexibility index (Phi) is 5.75. The van der Waals surface area contributed by atoms with Crippen molar-refractivity contribution in [2.45, 2.75) is 6.54 Å². The molecule has 9 heteroatoms. The highest BCUT2D eigenvalue weighted by molar-refractivity contribution is 9.10. The standard InChI is InChI=1S/C17H18BrClN6O/c1-24(2)10-16(26)22-12-5-3-11(4-6-12)8-20-15-7-14(19)23-17-13(18)9-21-25(15)17/h3-7,9,20H,8,10H2,1-2H3,(H,22,26). The summed E-state index contributed by atoms with van der Waals surface area (Å²) in [6.07, 6.45) is 1.68. The Morgan fingerprint density at radius 2 is 2.04 bits per heavy atom. The molecule has 0 aliphatic rings. The average molecular weight is 438 g/mol. The van der Waals surface area contributed by atoms with Crippen molar-refractivity contribution in [2.75, 3.05) is 31.3 Å². The molecule has 1 aromatic carbocycles. The van der Waals surface area contributed by atoms with E-state index in [-0.39, 0.29) is 5.91 Å². The van der Waals surface area contributed by atoms with Gasteiger partial charge in [0.1, 0.15) is 11.0 Å². The van der Waals surface area contributed by atoms with Crippen molar-refractivity contribution in [1.82, 2.24) is 19.5 Å². The van der Waals surface area contributed by atoms with Gasteiger partial charge in [-0.1, -0.05) is 23.7 Å². The topological polar surface area (TPSA) is 74.6 Å². The Bertz CT molecular complexity index is 925. The van der Waals surface area contributed by atoms with Gasteiger partial charge in [0.25, 0.3) is 0 Å². The third kappa shape index (κ3) is 4.51. The van der Waals surface area contributed by atoms with Crippen LogP contribution in [0.25, 0.3) is 5.65 Å². The van der Waals surface area contributed by atoms with Crippen LogP contribution in [0.1, 0.15) is 5.56 Å². The number of amides is 1. The second-order valence-corrected chi connectivity index (χ2v) is 7.27. The number of hydrogen-bond donors (Lipinski definition) is 2. The van der Waals surface area contributed by atoms with Crippen molar-refractivity contribution in [3.05, 3.63) is 51.7 Å². The monoisotopic (exact) mass is 436 g/mol. The number of nitrogens with one attached hydrogen (secondary N) is 2. The van der Waals surface area contributed by atoms with Crippen LogP contribution in [0.4, 0.5) is 11.5 Å². The SMILES string of the molecule is CN(C)CC(=O)Nc1ccc(CNc2cc(Cl)nc3c(Br)cnn23)cc1. The molecule has 0 saturated carbocycles. The number of benzene rings is 1. The number of carbonyl (C=O) groups excluding carboxylic acids is 1. The lowest BCUT2D eigenvalue weighted by molar-refractivity contribution is -0.116. The Hall–Kier alpha value is -2.16. The molecule has 0 atom stereocenters. The second-order valence-electron chi connectivity index (χ2n) is 6.03. The number of anilines is 2. The smallest absolute Gasteiger partial charge is 0.238 e. The van der Waals surface area contributed by atoms with Crippen LogP contribution in [0.5, 0.6) is 0 Å². The molecule has 3 aromatic rings. The summed E-state index contributed by atoms with van der Waals surface area (Å²) >= 11 is 9.49. The van der Waals surface area contributed by atoms with E-state index in [0.29, 0.717) is 23.9 Å². The molecule has 0 radical (unpaired) electrons. The molecule has 26 heavy (non-hydrogen) atoms. The number of carbonyl (C=O) groups is 1.